The monoisotopic (exact) mass is 362 g/mol. The van der Waals surface area contributed by atoms with E-state index >= 15 is 0 Å². The van der Waals surface area contributed by atoms with Gasteiger partial charge in [0.05, 0.1) is 17.7 Å². The third-order valence-corrected chi connectivity index (χ3v) is 3.65. The summed E-state index contributed by atoms with van der Waals surface area (Å²) in [5, 5.41) is 18.1. The maximum absolute atomic E-state index is 11.6. The topological polar surface area (TPSA) is 131 Å². The molecule has 0 spiro atoms. The lowest BCUT2D eigenvalue weighted by molar-refractivity contribution is -0.139. The number of imidazole rings is 1. The van der Waals surface area contributed by atoms with Gasteiger partial charge in [-0.3, -0.25) is 14.6 Å². The van der Waals surface area contributed by atoms with Crippen molar-refractivity contribution >= 4 is 11.9 Å². The van der Waals surface area contributed by atoms with E-state index in [4.69, 9.17) is 10.8 Å². The molecule has 0 fully saturated rings. The Kier molecular flexibility index (Phi) is 9.00. The number of aryl methyl sites for hydroxylation is 1. The fourth-order valence-corrected chi connectivity index (χ4v) is 2.34. The van der Waals surface area contributed by atoms with Crippen molar-refractivity contribution in [2.75, 3.05) is 0 Å². The lowest BCUT2D eigenvalue weighted by Gasteiger charge is -2.10. The molecule has 0 saturated heterocycles. The van der Waals surface area contributed by atoms with Crippen molar-refractivity contribution in [3.8, 4) is 0 Å². The number of pyridine rings is 1. The Morgan fingerprint density at radius 1 is 1.23 bits per heavy atom. The Morgan fingerprint density at radius 3 is 2.50 bits per heavy atom. The van der Waals surface area contributed by atoms with Crippen molar-refractivity contribution in [3.05, 3.63) is 47.8 Å². The molecule has 0 aliphatic rings. The SMILES string of the molecule is CC.NCc1ccc(CC(C(=O)O)c2cn(CCCC(=O)O)cn2)cn1. The number of hydrogen-bond acceptors (Lipinski definition) is 5. The highest BCUT2D eigenvalue weighted by Gasteiger charge is 2.23. The molecule has 0 amide bonds. The third-order valence-electron chi connectivity index (χ3n) is 3.65. The minimum Gasteiger partial charge on any atom is -0.481 e. The first kappa shape index (κ1) is 21.3. The van der Waals surface area contributed by atoms with E-state index in [0.29, 0.717) is 25.2 Å². The molecule has 26 heavy (non-hydrogen) atoms. The number of carbonyl (C=O) groups is 2. The number of rotatable bonds is 9. The van der Waals surface area contributed by atoms with Crippen LogP contribution in [-0.2, 0) is 29.1 Å². The fourth-order valence-electron chi connectivity index (χ4n) is 2.34. The predicted molar refractivity (Wildman–Crippen MR) is 96.7 cm³/mol. The minimum absolute atomic E-state index is 0.0645. The zero-order valence-corrected chi connectivity index (χ0v) is 15.1. The molecule has 0 radical (unpaired) electrons. The average Bonchev–Trinajstić information content (AvgIpc) is 3.09. The number of carboxylic acids is 2. The maximum atomic E-state index is 11.6. The van der Waals surface area contributed by atoms with Crippen LogP contribution >= 0.6 is 0 Å². The minimum atomic E-state index is -0.964. The number of carboxylic acid groups (broad SMARTS) is 2. The van der Waals surface area contributed by atoms with E-state index in [1.54, 1.807) is 23.0 Å². The molecule has 0 bridgehead atoms. The van der Waals surface area contributed by atoms with Gasteiger partial charge in [-0.05, 0) is 24.5 Å². The molecule has 1 unspecified atom stereocenters. The summed E-state index contributed by atoms with van der Waals surface area (Å²) in [6.45, 7) is 4.82. The van der Waals surface area contributed by atoms with Gasteiger partial charge in [-0.15, -0.1) is 0 Å². The highest BCUT2D eigenvalue weighted by Crippen LogP contribution is 2.20. The highest BCUT2D eigenvalue weighted by atomic mass is 16.4. The van der Waals surface area contributed by atoms with Crippen LogP contribution in [0.5, 0.6) is 0 Å². The van der Waals surface area contributed by atoms with E-state index in [-0.39, 0.29) is 12.8 Å². The molecule has 2 aromatic heterocycles. The van der Waals surface area contributed by atoms with Crippen molar-refractivity contribution in [1.29, 1.82) is 0 Å². The lowest BCUT2D eigenvalue weighted by Crippen LogP contribution is -2.15. The second-order valence-electron chi connectivity index (χ2n) is 5.49. The van der Waals surface area contributed by atoms with Crippen molar-refractivity contribution in [1.82, 2.24) is 14.5 Å². The number of hydrogen-bond donors (Lipinski definition) is 3. The first-order valence-corrected chi connectivity index (χ1v) is 8.59. The molecule has 2 aromatic rings. The van der Waals surface area contributed by atoms with E-state index in [1.165, 1.54) is 6.33 Å². The summed E-state index contributed by atoms with van der Waals surface area (Å²) in [6, 6.07) is 3.59. The van der Waals surface area contributed by atoms with Crippen LogP contribution in [0, 0.1) is 0 Å². The van der Waals surface area contributed by atoms with Crippen LogP contribution in [0.15, 0.2) is 30.9 Å². The summed E-state index contributed by atoms with van der Waals surface area (Å²) in [6.07, 6.45) is 5.62. The largest absolute Gasteiger partial charge is 0.481 e. The predicted octanol–water partition coefficient (Wildman–Crippen LogP) is 2.04. The van der Waals surface area contributed by atoms with Gasteiger partial charge in [-0.2, -0.15) is 0 Å². The Balaban J connectivity index is 0.00000163. The molecule has 0 aliphatic carbocycles. The van der Waals surface area contributed by atoms with Gasteiger partial charge < -0.3 is 20.5 Å². The van der Waals surface area contributed by atoms with Gasteiger partial charge >= 0.3 is 11.9 Å². The van der Waals surface area contributed by atoms with E-state index in [9.17, 15) is 14.7 Å². The normalized spacial score (nSPS) is 11.3. The summed E-state index contributed by atoms with van der Waals surface area (Å²) in [5.41, 5.74) is 7.48. The highest BCUT2D eigenvalue weighted by molar-refractivity contribution is 5.75. The molecule has 2 rings (SSSR count). The number of nitrogens with zero attached hydrogens (tertiary/aromatic N) is 3. The standard InChI is InChI=1S/C16H20N4O4.C2H6/c17-7-12-4-3-11(8-18-12)6-13(16(23)24)14-9-20(10-19-14)5-1-2-15(21)22;1-2/h3-4,8-10,13H,1-2,5-7,17H2,(H,21,22)(H,23,24);1-2H3. The van der Waals surface area contributed by atoms with Gasteiger partial charge in [-0.25, -0.2) is 4.98 Å². The second-order valence-corrected chi connectivity index (χ2v) is 5.49. The van der Waals surface area contributed by atoms with Crippen LogP contribution in [-0.4, -0.2) is 36.7 Å². The first-order chi connectivity index (χ1) is 12.5. The van der Waals surface area contributed by atoms with Crippen molar-refractivity contribution in [3.63, 3.8) is 0 Å². The van der Waals surface area contributed by atoms with Crippen LogP contribution in [0.2, 0.25) is 0 Å². The summed E-state index contributed by atoms with van der Waals surface area (Å²) in [4.78, 5) is 30.4. The van der Waals surface area contributed by atoms with Crippen LogP contribution < -0.4 is 5.73 Å². The number of nitrogens with two attached hydrogens (primary N) is 1. The molecule has 1 atom stereocenters. The Morgan fingerprint density at radius 2 is 1.96 bits per heavy atom. The molecule has 4 N–H and O–H groups in total. The van der Waals surface area contributed by atoms with E-state index in [1.807, 2.05) is 19.9 Å². The Bertz CT molecular complexity index is 697. The second kappa shape index (κ2) is 11.0. The zero-order valence-electron chi connectivity index (χ0n) is 15.1. The van der Waals surface area contributed by atoms with Crippen LogP contribution in [0.1, 0.15) is 49.6 Å². The van der Waals surface area contributed by atoms with Gasteiger partial charge in [0.15, 0.2) is 0 Å². The smallest absolute Gasteiger partial charge is 0.312 e. The summed E-state index contributed by atoms with van der Waals surface area (Å²) in [7, 11) is 0. The molecular weight excluding hydrogens is 336 g/mol. The molecular formula is C18H26N4O4. The number of aromatic nitrogens is 3. The quantitative estimate of drug-likeness (QED) is 0.622. The molecule has 0 aromatic carbocycles. The summed E-state index contributed by atoms with van der Waals surface area (Å²) in [5.74, 6) is -2.60. The van der Waals surface area contributed by atoms with E-state index in [2.05, 4.69) is 9.97 Å². The lowest BCUT2D eigenvalue weighted by atomic mass is 9.97. The fraction of sp³-hybridized carbons (Fsp3) is 0.444. The number of aliphatic carboxylic acids is 2. The molecule has 8 heteroatoms. The van der Waals surface area contributed by atoms with Gasteiger partial charge in [0.1, 0.15) is 5.92 Å². The molecule has 142 valence electrons. The molecule has 0 aliphatic heterocycles. The van der Waals surface area contributed by atoms with Crippen LogP contribution in [0.25, 0.3) is 0 Å². The summed E-state index contributed by atoms with van der Waals surface area (Å²) < 4.78 is 1.71. The van der Waals surface area contributed by atoms with Crippen molar-refractivity contribution in [2.24, 2.45) is 5.73 Å². The van der Waals surface area contributed by atoms with Gasteiger partial charge in [0, 0.05) is 31.9 Å². The zero-order chi connectivity index (χ0) is 19.5. The average molecular weight is 362 g/mol. The molecule has 2 heterocycles. The molecule has 0 saturated carbocycles. The van der Waals surface area contributed by atoms with Crippen LogP contribution in [0.4, 0.5) is 0 Å². The van der Waals surface area contributed by atoms with Crippen molar-refractivity contribution < 1.29 is 19.8 Å². The van der Waals surface area contributed by atoms with E-state index in [0.717, 1.165) is 11.3 Å². The third kappa shape index (κ3) is 6.64. The first-order valence-electron chi connectivity index (χ1n) is 8.59. The summed E-state index contributed by atoms with van der Waals surface area (Å²) >= 11 is 0. The maximum Gasteiger partial charge on any atom is 0.312 e. The Hall–Kier alpha value is -2.74. The van der Waals surface area contributed by atoms with Gasteiger partial charge in [0.2, 0.25) is 0 Å². The van der Waals surface area contributed by atoms with Crippen molar-refractivity contribution in [2.45, 2.75) is 52.1 Å². The van der Waals surface area contributed by atoms with E-state index < -0.39 is 17.9 Å². The Labute approximate surface area is 152 Å². The molecule has 8 nitrogen and oxygen atoms in total. The van der Waals surface area contributed by atoms with Gasteiger partial charge in [-0.1, -0.05) is 19.9 Å². The van der Waals surface area contributed by atoms with Crippen LogP contribution in [0.3, 0.4) is 0 Å². The van der Waals surface area contributed by atoms with Gasteiger partial charge in [0.25, 0.3) is 0 Å².